The summed E-state index contributed by atoms with van der Waals surface area (Å²) < 4.78 is 12.0. The smallest absolute Gasteiger partial charge is 0.296 e. The fourth-order valence-electron chi connectivity index (χ4n) is 4.35. The van der Waals surface area contributed by atoms with Crippen LogP contribution in [0.3, 0.4) is 0 Å². The zero-order chi connectivity index (χ0) is 23.8. The summed E-state index contributed by atoms with van der Waals surface area (Å²) in [5, 5.41) is 0.464. The highest BCUT2D eigenvalue weighted by Gasteiger charge is 2.44. The average molecular weight is 455 g/mol. The first-order valence-electron chi connectivity index (χ1n) is 11.5. The second kappa shape index (κ2) is 8.78. The number of aryl methyl sites for hydroxylation is 2. The third-order valence-corrected chi connectivity index (χ3v) is 6.11. The third-order valence-electron chi connectivity index (χ3n) is 6.11. The second-order valence-electron chi connectivity index (χ2n) is 8.72. The molecule has 5 rings (SSSR count). The number of fused-ring (bicyclic) bond motifs is 2. The highest BCUT2D eigenvalue weighted by Crippen LogP contribution is 2.41. The van der Waals surface area contributed by atoms with Crippen LogP contribution in [-0.4, -0.2) is 17.5 Å². The molecule has 0 aliphatic carbocycles. The van der Waals surface area contributed by atoms with E-state index in [-0.39, 0.29) is 17.1 Å². The van der Waals surface area contributed by atoms with Crippen LogP contribution in [0.1, 0.15) is 58.6 Å². The lowest BCUT2D eigenvalue weighted by atomic mass is 9.98. The highest BCUT2D eigenvalue weighted by atomic mass is 16.5. The van der Waals surface area contributed by atoms with Crippen LogP contribution >= 0.6 is 0 Å². The molecule has 4 aromatic rings. The van der Waals surface area contributed by atoms with Gasteiger partial charge in [0.15, 0.2) is 5.43 Å². The van der Waals surface area contributed by atoms with Crippen molar-refractivity contribution < 1.29 is 13.9 Å². The monoisotopic (exact) mass is 454 g/mol. The number of benzene rings is 2. The summed E-state index contributed by atoms with van der Waals surface area (Å²) >= 11 is 0. The van der Waals surface area contributed by atoms with Gasteiger partial charge in [0.05, 0.1) is 23.6 Å². The molecule has 6 nitrogen and oxygen atoms in total. The normalized spacial score (nSPS) is 15.1. The molecule has 0 spiro atoms. The van der Waals surface area contributed by atoms with Crippen LogP contribution in [0.15, 0.2) is 70.0 Å². The number of unbranched alkanes of at least 4 members (excludes halogenated alkanes) is 1. The molecule has 0 N–H and O–H groups in total. The maximum absolute atomic E-state index is 13.7. The SMILES string of the molecule is CCCCOc1cccc(C2c3c(oc4ccc(C)cc4c3=O)C(=O)N2c2ccc(C)cn2)c1. The van der Waals surface area contributed by atoms with Crippen LogP contribution in [0.5, 0.6) is 5.75 Å². The van der Waals surface area contributed by atoms with Gasteiger partial charge in [-0.2, -0.15) is 0 Å². The number of aromatic nitrogens is 1. The van der Waals surface area contributed by atoms with Gasteiger partial charge in [0, 0.05) is 6.20 Å². The van der Waals surface area contributed by atoms with Crippen molar-refractivity contribution in [2.75, 3.05) is 11.5 Å². The topological polar surface area (TPSA) is 72.6 Å². The molecule has 172 valence electrons. The van der Waals surface area contributed by atoms with Gasteiger partial charge in [-0.05, 0) is 61.7 Å². The van der Waals surface area contributed by atoms with Crippen LogP contribution < -0.4 is 15.1 Å². The molecule has 3 heterocycles. The van der Waals surface area contributed by atoms with Crippen molar-refractivity contribution in [2.24, 2.45) is 0 Å². The fourth-order valence-corrected chi connectivity index (χ4v) is 4.35. The van der Waals surface area contributed by atoms with Crippen molar-refractivity contribution in [3.63, 3.8) is 0 Å². The molecule has 34 heavy (non-hydrogen) atoms. The molecule has 1 amide bonds. The third kappa shape index (κ3) is 3.75. The van der Waals surface area contributed by atoms with Gasteiger partial charge in [-0.25, -0.2) is 4.98 Å². The second-order valence-corrected chi connectivity index (χ2v) is 8.72. The molecule has 0 radical (unpaired) electrons. The Morgan fingerprint density at radius 3 is 2.62 bits per heavy atom. The van der Waals surface area contributed by atoms with Gasteiger partial charge in [0.2, 0.25) is 5.76 Å². The number of ether oxygens (including phenoxy) is 1. The predicted octanol–water partition coefficient (Wildman–Crippen LogP) is 5.73. The first-order chi connectivity index (χ1) is 16.5. The van der Waals surface area contributed by atoms with Crippen molar-refractivity contribution >= 4 is 22.7 Å². The Hall–Kier alpha value is -3.93. The van der Waals surface area contributed by atoms with Gasteiger partial charge in [0.1, 0.15) is 17.2 Å². The van der Waals surface area contributed by atoms with E-state index in [9.17, 15) is 9.59 Å². The summed E-state index contributed by atoms with van der Waals surface area (Å²) in [6.07, 6.45) is 3.69. The number of hydrogen-bond acceptors (Lipinski definition) is 5. The molecule has 2 aromatic carbocycles. The summed E-state index contributed by atoms with van der Waals surface area (Å²) in [6, 6.07) is 16.0. The minimum Gasteiger partial charge on any atom is -0.494 e. The molecule has 1 aliphatic heterocycles. The Balaban J connectivity index is 1.71. The van der Waals surface area contributed by atoms with Crippen LogP contribution in [0.25, 0.3) is 11.0 Å². The number of hydrogen-bond donors (Lipinski definition) is 0. The largest absolute Gasteiger partial charge is 0.494 e. The lowest BCUT2D eigenvalue weighted by Crippen LogP contribution is -2.30. The van der Waals surface area contributed by atoms with Gasteiger partial charge < -0.3 is 9.15 Å². The molecule has 2 aromatic heterocycles. The Morgan fingerprint density at radius 1 is 1.03 bits per heavy atom. The van der Waals surface area contributed by atoms with Gasteiger partial charge in [-0.3, -0.25) is 14.5 Å². The van der Waals surface area contributed by atoms with E-state index >= 15 is 0 Å². The van der Waals surface area contributed by atoms with Crippen LogP contribution in [0.4, 0.5) is 5.82 Å². The average Bonchev–Trinajstić information content (AvgIpc) is 3.13. The Bertz CT molecular complexity index is 1440. The molecule has 0 bridgehead atoms. The van der Waals surface area contributed by atoms with Crippen molar-refractivity contribution in [1.82, 2.24) is 4.98 Å². The van der Waals surface area contributed by atoms with Crippen molar-refractivity contribution in [3.8, 4) is 5.75 Å². The van der Waals surface area contributed by atoms with Crippen LogP contribution in [-0.2, 0) is 0 Å². The molecule has 0 fully saturated rings. The first kappa shape index (κ1) is 21.9. The van der Waals surface area contributed by atoms with Crippen molar-refractivity contribution in [3.05, 3.63) is 99.0 Å². The Morgan fingerprint density at radius 2 is 1.85 bits per heavy atom. The zero-order valence-electron chi connectivity index (χ0n) is 19.5. The van der Waals surface area contributed by atoms with Gasteiger partial charge in [-0.15, -0.1) is 0 Å². The van der Waals surface area contributed by atoms with Gasteiger partial charge in [-0.1, -0.05) is 43.2 Å². The maximum Gasteiger partial charge on any atom is 0.296 e. The minimum atomic E-state index is -0.673. The number of anilines is 1. The summed E-state index contributed by atoms with van der Waals surface area (Å²) in [6.45, 7) is 6.58. The van der Waals surface area contributed by atoms with Crippen molar-refractivity contribution in [2.45, 2.75) is 39.7 Å². The Labute approximate surface area is 197 Å². The molecule has 1 aliphatic rings. The number of carbonyl (C=O) groups is 1. The van der Waals surface area contributed by atoms with E-state index in [2.05, 4.69) is 11.9 Å². The number of rotatable bonds is 6. The summed E-state index contributed by atoms with van der Waals surface area (Å²) in [5.41, 5.74) is 3.22. The first-order valence-corrected chi connectivity index (χ1v) is 11.5. The minimum absolute atomic E-state index is 0.0611. The molecular formula is C28H26N2O4. The molecule has 6 heteroatoms. The molecule has 0 saturated heterocycles. The fraction of sp³-hybridized carbons (Fsp3) is 0.250. The van der Waals surface area contributed by atoms with Crippen LogP contribution in [0.2, 0.25) is 0 Å². The molecule has 1 unspecified atom stereocenters. The Kier molecular flexibility index (Phi) is 5.65. The molecule has 1 atom stereocenters. The number of nitrogens with zero attached hydrogens (tertiary/aromatic N) is 2. The quantitative estimate of drug-likeness (QED) is 0.348. The lowest BCUT2D eigenvalue weighted by molar-refractivity contribution is 0.0970. The van der Waals surface area contributed by atoms with E-state index in [1.807, 2.05) is 50.2 Å². The van der Waals surface area contributed by atoms with E-state index < -0.39 is 6.04 Å². The number of pyridine rings is 1. The van der Waals surface area contributed by atoms with Gasteiger partial charge in [0.25, 0.3) is 5.91 Å². The zero-order valence-corrected chi connectivity index (χ0v) is 19.5. The highest BCUT2D eigenvalue weighted by molar-refractivity contribution is 6.10. The summed E-state index contributed by atoms with van der Waals surface area (Å²) in [7, 11) is 0. The predicted molar refractivity (Wildman–Crippen MR) is 132 cm³/mol. The molecule has 0 saturated carbocycles. The van der Waals surface area contributed by atoms with Crippen molar-refractivity contribution in [1.29, 1.82) is 0 Å². The number of carbonyl (C=O) groups excluding carboxylic acids is 1. The maximum atomic E-state index is 13.7. The van der Waals surface area contributed by atoms with Crippen LogP contribution in [0, 0.1) is 13.8 Å². The van der Waals surface area contributed by atoms with E-state index in [4.69, 9.17) is 9.15 Å². The standard InChI is InChI=1S/C28H26N2O4/c1-4-5-13-33-20-8-6-7-19(15-20)25-24-26(31)21-14-17(2)9-11-22(21)34-27(24)28(32)30(25)23-12-10-18(3)16-29-23/h6-12,14-16,25H,4-5,13H2,1-3H3. The molecular weight excluding hydrogens is 428 g/mol. The summed E-state index contributed by atoms with van der Waals surface area (Å²) in [5.74, 6) is 0.841. The van der Waals surface area contributed by atoms with Gasteiger partial charge >= 0.3 is 0 Å². The summed E-state index contributed by atoms with van der Waals surface area (Å²) in [4.78, 5) is 33.4. The van der Waals surface area contributed by atoms with E-state index in [1.54, 1.807) is 29.3 Å². The lowest BCUT2D eigenvalue weighted by Gasteiger charge is -2.24. The van der Waals surface area contributed by atoms with E-state index in [1.165, 1.54) is 0 Å². The van der Waals surface area contributed by atoms with E-state index in [0.717, 1.165) is 29.5 Å². The van der Waals surface area contributed by atoms with E-state index in [0.29, 0.717) is 34.7 Å². The number of amides is 1.